The molecule has 0 heterocycles. The average molecular weight is 416 g/mol. The lowest BCUT2D eigenvalue weighted by Crippen LogP contribution is -2.28. The first-order valence-electron chi connectivity index (χ1n) is 8.18. The summed E-state index contributed by atoms with van der Waals surface area (Å²) in [5.74, 6) is -0.966. The number of hydrogen-bond donors (Lipinski definition) is 1. The van der Waals surface area contributed by atoms with E-state index in [1.54, 1.807) is 18.2 Å². The second-order valence-corrected chi connectivity index (χ2v) is 7.80. The van der Waals surface area contributed by atoms with Crippen molar-refractivity contribution in [3.63, 3.8) is 0 Å². The summed E-state index contributed by atoms with van der Waals surface area (Å²) in [6.45, 7) is 6.33. The molecule has 4 nitrogen and oxygen atoms in total. The number of halogens is 1. The van der Waals surface area contributed by atoms with Crippen molar-refractivity contribution in [3.05, 3.63) is 75.4 Å². The summed E-state index contributed by atoms with van der Waals surface area (Å²) in [7, 11) is 1.28. The second-order valence-electron chi connectivity index (χ2n) is 6.88. The second kappa shape index (κ2) is 8.32. The highest BCUT2D eigenvalue weighted by Gasteiger charge is 2.17. The van der Waals surface area contributed by atoms with Crippen LogP contribution >= 0.6 is 15.9 Å². The summed E-state index contributed by atoms with van der Waals surface area (Å²) in [6.07, 6.45) is 1.58. The molecular weight excluding hydrogens is 394 g/mol. The lowest BCUT2D eigenvalue weighted by Gasteiger charge is -2.19. The summed E-state index contributed by atoms with van der Waals surface area (Å²) in [4.78, 5) is 24.5. The van der Waals surface area contributed by atoms with Gasteiger partial charge in [-0.15, -0.1) is 0 Å². The standard InChI is InChI=1S/C21H22BrNO3/c1-21(2,3)16-9-7-15(8-10-16)19(24)23-18(20(25)26-4)13-14-5-11-17(22)12-6-14/h5-13H,1-4H3,(H,23,24)/b18-13+. The number of amides is 1. The molecule has 0 aromatic heterocycles. The monoisotopic (exact) mass is 415 g/mol. The quantitative estimate of drug-likeness (QED) is 0.581. The number of carbonyl (C=O) groups is 2. The third-order valence-electron chi connectivity index (χ3n) is 3.85. The molecule has 0 aliphatic carbocycles. The molecule has 0 aliphatic heterocycles. The number of hydrogen-bond acceptors (Lipinski definition) is 3. The summed E-state index contributed by atoms with van der Waals surface area (Å²) in [5, 5.41) is 2.64. The molecule has 5 heteroatoms. The van der Waals surface area contributed by atoms with E-state index in [2.05, 4.69) is 42.0 Å². The van der Waals surface area contributed by atoms with E-state index in [0.29, 0.717) is 5.56 Å². The summed E-state index contributed by atoms with van der Waals surface area (Å²) in [6, 6.07) is 14.7. The average Bonchev–Trinajstić information content (AvgIpc) is 2.61. The maximum Gasteiger partial charge on any atom is 0.354 e. The van der Waals surface area contributed by atoms with E-state index in [1.165, 1.54) is 7.11 Å². The van der Waals surface area contributed by atoms with Crippen molar-refractivity contribution >= 4 is 33.9 Å². The lowest BCUT2D eigenvalue weighted by molar-refractivity contribution is -0.136. The SMILES string of the molecule is COC(=O)/C(=C\c1ccc(Br)cc1)NC(=O)c1ccc(C(C)(C)C)cc1. The first kappa shape index (κ1) is 19.9. The Hall–Kier alpha value is -2.40. The van der Waals surface area contributed by atoms with E-state index in [4.69, 9.17) is 4.74 Å². The summed E-state index contributed by atoms with van der Waals surface area (Å²) in [5.41, 5.74) is 2.47. The van der Waals surface area contributed by atoms with Gasteiger partial charge in [0.2, 0.25) is 0 Å². The first-order valence-corrected chi connectivity index (χ1v) is 8.97. The van der Waals surface area contributed by atoms with E-state index in [9.17, 15) is 9.59 Å². The Labute approximate surface area is 162 Å². The minimum absolute atomic E-state index is 0.00761. The van der Waals surface area contributed by atoms with Gasteiger partial charge in [-0.25, -0.2) is 4.79 Å². The van der Waals surface area contributed by atoms with Gasteiger partial charge in [-0.05, 0) is 46.9 Å². The molecule has 0 unspecified atom stereocenters. The molecule has 2 aromatic rings. The van der Waals surface area contributed by atoms with E-state index in [0.717, 1.165) is 15.6 Å². The van der Waals surface area contributed by atoms with Crippen molar-refractivity contribution in [2.24, 2.45) is 0 Å². The van der Waals surface area contributed by atoms with Crippen molar-refractivity contribution in [2.45, 2.75) is 26.2 Å². The van der Waals surface area contributed by atoms with Gasteiger partial charge < -0.3 is 10.1 Å². The van der Waals surface area contributed by atoms with E-state index in [-0.39, 0.29) is 17.0 Å². The Bertz CT molecular complexity index is 816. The number of benzene rings is 2. The Balaban J connectivity index is 2.24. The Kier molecular flexibility index (Phi) is 6.37. The lowest BCUT2D eigenvalue weighted by atomic mass is 9.87. The van der Waals surface area contributed by atoms with Crippen LogP contribution in [0.5, 0.6) is 0 Å². The van der Waals surface area contributed by atoms with Crippen LogP contribution in [0.25, 0.3) is 6.08 Å². The minimum atomic E-state index is -0.604. The Morgan fingerprint density at radius 1 is 1.00 bits per heavy atom. The van der Waals surface area contributed by atoms with Gasteiger partial charge in [-0.1, -0.05) is 61.0 Å². The first-order chi connectivity index (χ1) is 12.2. The van der Waals surface area contributed by atoms with E-state index < -0.39 is 5.97 Å². The van der Waals surface area contributed by atoms with Crippen LogP contribution in [0.3, 0.4) is 0 Å². The van der Waals surface area contributed by atoms with Crippen LogP contribution in [0.2, 0.25) is 0 Å². The number of carbonyl (C=O) groups excluding carboxylic acids is 2. The molecule has 136 valence electrons. The number of rotatable bonds is 4. The fourth-order valence-corrected chi connectivity index (χ4v) is 2.56. The number of methoxy groups -OCH3 is 1. The number of esters is 1. The van der Waals surface area contributed by atoms with E-state index in [1.807, 2.05) is 36.4 Å². The zero-order valence-corrected chi connectivity index (χ0v) is 16.9. The normalized spacial score (nSPS) is 11.8. The van der Waals surface area contributed by atoms with E-state index >= 15 is 0 Å². The van der Waals surface area contributed by atoms with Gasteiger partial charge in [0.05, 0.1) is 7.11 Å². The fourth-order valence-electron chi connectivity index (χ4n) is 2.30. The maximum atomic E-state index is 12.5. The summed E-state index contributed by atoms with van der Waals surface area (Å²) < 4.78 is 5.71. The van der Waals surface area contributed by atoms with Crippen LogP contribution in [-0.2, 0) is 14.9 Å². The molecule has 0 spiro atoms. The maximum absolute atomic E-state index is 12.5. The van der Waals surface area contributed by atoms with Crippen molar-refractivity contribution < 1.29 is 14.3 Å². The molecule has 0 aliphatic rings. The zero-order valence-electron chi connectivity index (χ0n) is 15.3. The molecule has 0 saturated carbocycles. The molecule has 0 saturated heterocycles. The topological polar surface area (TPSA) is 55.4 Å². The molecule has 0 bridgehead atoms. The molecule has 2 aromatic carbocycles. The van der Waals surface area contributed by atoms with Crippen molar-refractivity contribution in [1.29, 1.82) is 0 Å². The van der Waals surface area contributed by atoms with Crippen LogP contribution < -0.4 is 5.32 Å². The van der Waals surface area contributed by atoms with Crippen molar-refractivity contribution in [3.8, 4) is 0 Å². The third-order valence-corrected chi connectivity index (χ3v) is 4.38. The highest BCUT2D eigenvalue weighted by atomic mass is 79.9. The molecule has 1 amide bonds. The van der Waals surface area contributed by atoms with Crippen LogP contribution in [0.1, 0.15) is 42.3 Å². The molecular formula is C21H22BrNO3. The Morgan fingerprint density at radius 3 is 2.08 bits per heavy atom. The minimum Gasteiger partial charge on any atom is -0.464 e. The Morgan fingerprint density at radius 2 is 1.58 bits per heavy atom. The number of nitrogens with one attached hydrogen (secondary N) is 1. The van der Waals surface area contributed by atoms with Gasteiger partial charge in [-0.2, -0.15) is 0 Å². The molecule has 0 atom stereocenters. The van der Waals surface area contributed by atoms with Crippen LogP contribution in [-0.4, -0.2) is 19.0 Å². The van der Waals surface area contributed by atoms with Crippen molar-refractivity contribution in [2.75, 3.05) is 7.11 Å². The van der Waals surface area contributed by atoms with Crippen molar-refractivity contribution in [1.82, 2.24) is 5.32 Å². The number of ether oxygens (including phenoxy) is 1. The van der Waals surface area contributed by atoms with Gasteiger partial charge in [0.1, 0.15) is 5.70 Å². The molecule has 26 heavy (non-hydrogen) atoms. The zero-order chi connectivity index (χ0) is 19.3. The predicted octanol–water partition coefficient (Wildman–Crippen LogP) is 4.69. The highest BCUT2D eigenvalue weighted by molar-refractivity contribution is 9.10. The molecule has 0 fully saturated rings. The largest absolute Gasteiger partial charge is 0.464 e. The summed E-state index contributed by atoms with van der Waals surface area (Å²) >= 11 is 3.36. The molecule has 2 rings (SSSR count). The predicted molar refractivity (Wildman–Crippen MR) is 107 cm³/mol. The fraction of sp³-hybridized carbons (Fsp3) is 0.238. The van der Waals surface area contributed by atoms with Gasteiger partial charge >= 0.3 is 5.97 Å². The van der Waals surface area contributed by atoms with Crippen LogP contribution in [0.15, 0.2) is 58.7 Å². The highest BCUT2D eigenvalue weighted by Crippen LogP contribution is 2.22. The van der Waals surface area contributed by atoms with Crippen LogP contribution in [0.4, 0.5) is 0 Å². The van der Waals surface area contributed by atoms with Gasteiger partial charge in [-0.3, -0.25) is 4.79 Å². The van der Waals surface area contributed by atoms with Gasteiger partial charge in [0, 0.05) is 10.0 Å². The molecule has 1 N–H and O–H groups in total. The third kappa shape index (κ3) is 5.30. The molecule has 0 radical (unpaired) electrons. The van der Waals surface area contributed by atoms with Gasteiger partial charge in [0.15, 0.2) is 0 Å². The smallest absolute Gasteiger partial charge is 0.354 e. The van der Waals surface area contributed by atoms with Crippen LogP contribution in [0, 0.1) is 0 Å². The van der Waals surface area contributed by atoms with Gasteiger partial charge in [0.25, 0.3) is 5.91 Å².